The van der Waals surface area contributed by atoms with Crippen molar-refractivity contribution >= 4 is 91.0 Å². The van der Waals surface area contributed by atoms with Gasteiger partial charge in [0.25, 0.3) is 0 Å². The predicted molar refractivity (Wildman–Crippen MR) is 213 cm³/mol. The van der Waals surface area contributed by atoms with Crippen LogP contribution in [0.2, 0.25) is 0 Å². The summed E-state index contributed by atoms with van der Waals surface area (Å²) in [6.07, 6.45) is 2.03. The molecule has 7 aromatic carbocycles. The first-order chi connectivity index (χ1) is 24.3. The van der Waals surface area contributed by atoms with E-state index in [-0.39, 0.29) is 0 Å². The van der Waals surface area contributed by atoms with Crippen molar-refractivity contribution in [1.82, 2.24) is 4.98 Å². The smallest absolute Gasteiger partial charge is 0.0890 e. The molecule has 0 bridgehead atoms. The molecule has 0 amide bonds. The molecular weight excluding hydrogens is 633 g/mol. The van der Waals surface area contributed by atoms with E-state index in [1.807, 2.05) is 28.9 Å². The summed E-state index contributed by atoms with van der Waals surface area (Å²) in [7, 11) is 0. The number of nitrogens with zero attached hydrogens (tertiary/aromatic N) is 2. The Kier molecular flexibility index (Phi) is 6.57. The fourth-order valence-electron chi connectivity index (χ4n) is 7.13. The Morgan fingerprint density at radius 1 is 0.408 bits per heavy atom. The van der Waals surface area contributed by atoms with Crippen LogP contribution in [0.3, 0.4) is 0 Å². The Balaban J connectivity index is 1.11. The highest BCUT2D eigenvalue weighted by Crippen LogP contribution is 2.43. The van der Waals surface area contributed by atoms with Gasteiger partial charge in [-0.25, -0.2) is 0 Å². The van der Waals surface area contributed by atoms with Gasteiger partial charge in [0.1, 0.15) is 0 Å². The van der Waals surface area contributed by atoms with Gasteiger partial charge >= 0.3 is 0 Å². The minimum absolute atomic E-state index is 1.04. The van der Waals surface area contributed by atoms with Gasteiger partial charge in [-0.05, 0) is 69.4 Å². The lowest BCUT2D eigenvalue weighted by Gasteiger charge is -2.25. The summed E-state index contributed by atoms with van der Waals surface area (Å²) in [5.74, 6) is 0. The molecule has 3 aromatic heterocycles. The van der Waals surface area contributed by atoms with Gasteiger partial charge in [-0.2, -0.15) is 0 Å². The summed E-state index contributed by atoms with van der Waals surface area (Å²) in [5.41, 5.74) is 9.16. The lowest BCUT2D eigenvalue weighted by Crippen LogP contribution is -2.10. The van der Waals surface area contributed by atoms with Crippen LogP contribution >= 0.6 is 22.7 Å². The molecule has 0 aliphatic carbocycles. The second-order valence-electron chi connectivity index (χ2n) is 12.4. The molecule has 0 N–H and O–H groups in total. The molecule has 0 aliphatic rings. The number of benzene rings is 7. The largest absolute Gasteiger partial charge is 0.309 e. The maximum atomic E-state index is 5.10. The van der Waals surface area contributed by atoms with Gasteiger partial charge in [0.05, 0.1) is 22.1 Å². The summed E-state index contributed by atoms with van der Waals surface area (Å²) >= 11 is 3.70. The van der Waals surface area contributed by atoms with Crippen molar-refractivity contribution in [3.63, 3.8) is 0 Å². The molecule has 10 aromatic rings. The van der Waals surface area contributed by atoms with E-state index >= 15 is 0 Å². The third-order valence-electron chi connectivity index (χ3n) is 9.52. The number of pyridine rings is 1. The van der Waals surface area contributed by atoms with E-state index in [0.29, 0.717) is 0 Å². The first-order valence-corrected chi connectivity index (χ1v) is 18.1. The molecule has 0 atom stereocenters. The zero-order valence-electron chi connectivity index (χ0n) is 26.4. The molecule has 0 radical (unpaired) electrons. The fraction of sp³-hybridized carbons (Fsp3) is 0. The van der Waals surface area contributed by atoms with Crippen molar-refractivity contribution in [3.05, 3.63) is 170 Å². The highest BCUT2D eigenvalue weighted by molar-refractivity contribution is 7.27. The van der Waals surface area contributed by atoms with Crippen LogP contribution < -0.4 is 4.90 Å². The molecule has 0 saturated carbocycles. The summed E-state index contributed by atoms with van der Waals surface area (Å²) in [6, 6.07) is 59.2. The van der Waals surface area contributed by atoms with E-state index in [2.05, 4.69) is 169 Å². The molecule has 0 fully saturated rings. The minimum atomic E-state index is 1.04. The van der Waals surface area contributed by atoms with Gasteiger partial charge in [0.15, 0.2) is 0 Å². The lowest BCUT2D eigenvalue weighted by atomic mass is 10.0. The van der Waals surface area contributed by atoms with Crippen LogP contribution in [0.25, 0.3) is 73.5 Å². The average Bonchev–Trinajstić information content (AvgIpc) is 3.74. The standard InChI is InChI=1S/C45H28N2S2/c1-2-9-29(10-3-1)30-17-22-33(23-18-30)47(35-27-42-43(46-28-35)40-26-21-31-11-4-5-12-36(31)45(40)49-42)34-24-19-32(20-25-34)37-14-8-15-39-38-13-6-7-16-41(38)48-44(37)39/h1-28H. The predicted octanol–water partition coefficient (Wildman–Crippen LogP) is 13.8. The quantitative estimate of drug-likeness (QED) is 0.183. The van der Waals surface area contributed by atoms with E-state index in [9.17, 15) is 0 Å². The van der Waals surface area contributed by atoms with E-state index in [0.717, 1.165) is 22.6 Å². The Morgan fingerprint density at radius 3 is 1.88 bits per heavy atom. The number of anilines is 3. The van der Waals surface area contributed by atoms with Crippen LogP contribution in [0.1, 0.15) is 0 Å². The first kappa shape index (κ1) is 28.2. The van der Waals surface area contributed by atoms with E-state index in [1.165, 1.54) is 68.0 Å². The summed E-state index contributed by atoms with van der Waals surface area (Å²) < 4.78 is 5.12. The maximum absolute atomic E-state index is 5.10. The van der Waals surface area contributed by atoms with Crippen LogP contribution in [0.15, 0.2) is 170 Å². The van der Waals surface area contributed by atoms with Crippen molar-refractivity contribution in [2.45, 2.75) is 0 Å². The molecule has 49 heavy (non-hydrogen) atoms. The highest BCUT2D eigenvalue weighted by atomic mass is 32.1. The molecule has 2 nitrogen and oxygen atoms in total. The number of thiophene rings is 2. The number of aromatic nitrogens is 1. The van der Waals surface area contributed by atoms with Gasteiger partial charge in [-0.1, -0.05) is 127 Å². The Hall–Kier alpha value is -5.81. The summed E-state index contributed by atoms with van der Waals surface area (Å²) in [5, 5.41) is 6.39. The number of rotatable bonds is 5. The van der Waals surface area contributed by atoms with Gasteiger partial charge in [0.2, 0.25) is 0 Å². The molecule has 0 spiro atoms. The molecule has 4 heteroatoms. The van der Waals surface area contributed by atoms with Crippen LogP contribution in [-0.2, 0) is 0 Å². The van der Waals surface area contributed by atoms with Gasteiger partial charge in [0, 0.05) is 41.6 Å². The highest BCUT2D eigenvalue weighted by Gasteiger charge is 2.18. The Bertz CT molecular complexity index is 2810. The maximum Gasteiger partial charge on any atom is 0.0890 e. The lowest BCUT2D eigenvalue weighted by molar-refractivity contribution is 1.26. The van der Waals surface area contributed by atoms with Crippen molar-refractivity contribution in [3.8, 4) is 22.3 Å². The van der Waals surface area contributed by atoms with Gasteiger partial charge in [-0.3, -0.25) is 4.98 Å². The monoisotopic (exact) mass is 660 g/mol. The van der Waals surface area contributed by atoms with E-state index < -0.39 is 0 Å². The number of fused-ring (bicyclic) bond motifs is 8. The van der Waals surface area contributed by atoms with Crippen molar-refractivity contribution in [1.29, 1.82) is 0 Å². The van der Waals surface area contributed by atoms with Gasteiger partial charge in [-0.15, -0.1) is 22.7 Å². The van der Waals surface area contributed by atoms with Crippen molar-refractivity contribution < 1.29 is 0 Å². The Labute approximate surface area is 291 Å². The average molecular weight is 661 g/mol. The van der Waals surface area contributed by atoms with E-state index in [1.54, 1.807) is 0 Å². The van der Waals surface area contributed by atoms with Crippen LogP contribution in [0.4, 0.5) is 17.1 Å². The van der Waals surface area contributed by atoms with Crippen molar-refractivity contribution in [2.24, 2.45) is 0 Å². The van der Waals surface area contributed by atoms with Crippen LogP contribution in [-0.4, -0.2) is 4.98 Å². The molecule has 10 rings (SSSR count). The SMILES string of the molecule is c1ccc(-c2ccc(N(c3ccc(-c4cccc5c4sc4ccccc45)cc3)c3cnc4c(c3)sc3c5ccccc5ccc43)cc2)cc1. The molecule has 230 valence electrons. The third kappa shape index (κ3) is 4.72. The summed E-state index contributed by atoms with van der Waals surface area (Å²) in [6.45, 7) is 0. The molecular formula is C45H28N2S2. The number of hydrogen-bond donors (Lipinski definition) is 0. The van der Waals surface area contributed by atoms with Gasteiger partial charge < -0.3 is 4.90 Å². The summed E-state index contributed by atoms with van der Waals surface area (Å²) in [4.78, 5) is 7.43. The minimum Gasteiger partial charge on any atom is -0.309 e. The van der Waals surface area contributed by atoms with E-state index in [4.69, 9.17) is 4.98 Å². The second kappa shape index (κ2) is 11.4. The second-order valence-corrected chi connectivity index (χ2v) is 14.5. The first-order valence-electron chi connectivity index (χ1n) is 16.4. The third-order valence-corrected chi connectivity index (χ3v) is 11.9. The number of hydrogen-bond acceptors (Lipinski definition) is 4. The molecule has 0 aliphatic heterocycles. The zero-order valence-corrected chi connectivity index (χ0v) is 28.0. The fourth-order valence-corrected chi connectivity index (χ4v) is 9.60. The Morgan fingerprint density at radius 2 is 1.06 bits per heavy atom. The van der Waals surface area contributed by atoms with Crippen molar-refractivity contribution in [2.75, 3.05) is 4.90 Å². The molecule has 3 heterocycles. The molecule has 0 unspecified atom stereocenters. The molecule has 0 saturated heterocycles. The topological polar surface area (TPSA) is 16.1 Å². The normalized spacial score (nSPS) is 11.7. The zero-order chi connectivity index (χ0) is 32.3. The van der Waals surface area contributed by atoms with Crippen LogP contribution in [0.5, 0.6) is 0 Å². The van der Waals surface area contributed by atoms with Crippen LogP contribution in [0, 0.1) is 0 Å².